The van der Waals surface area contributed by atoms with Crippen LogP contribution in [0.4, 0.5) is 0 Å². The number of benzene rings is 1. The molecule has 5 nitrogen and oxygen atoms in total. The minimum absolute atomic E-state index is 0.0880. The molecule has 0 aliphatic carbocycles. The molecular formula is C19H26N4OS. The minimum atomic E-state index is 0.0880. The van der Waals surface area contributed by atoms with Crippen molar-refractivity contribution in [2.75, 3.05) is 25.9 Å². The van der Waals surface area contributed by atoms with E-state index in [-0.39, 0.29) is 5.91 Å². The predicted molar refractivity (Wildman–Crippen MR) is 102 cm³/mol. The molecule has 1 N–H and O–H groups in total. The van der Waals surface area contributed by atoms with Crippen molar-refractivity contribution in [3.8, 4) is 0 Å². The lowest BCUT2D eigenvalue weighted by Gasteiger charge is -2.31. The number of hydrogen-bond acceptors (Lipinski definition) is 4. The normalized spacial score (nSPS) is 16.1. The van der Waals surface area contributed by atoms with Crippen molar-refractivity contribution in [1.29, 1.82) is 0 Å². The van der Waals surface area contributed by atoms with Crippen LogP contribution in [0.2, 0.25) is 0 Å². The maximum Gasteiger partial charge on any atom is 0.234 e. The molecule has 3 rings (SSSR count). The molecule has 0 saturated carbocycles. The molecule has 1 aliphatic heterocycles. The number of hydrogen-bond donors (Lipinski definition) is 1. The Hall–Kier alpha value is -1.79. The highest BCUT2D eigenvalue weighted by atomic mass is 32.2. The van der Waals surface area contributed by atoms with Crippen molar-refractivity contribution < 1.29 is 4.79 Å². The molecule has 2 aromatic rings. The van der Waals surface area contributed by atoms with Crippen LogP contribution in [0.15, 0.2) is 41.7 Å². The number of likely N-dealkylation sites (tertiary alicyclic amines) is 1. The molecule has 134 valence electrons. The molecule has 0 atom stereocenters. The third kappa shape index (κ3) is 4.64. The van der Waals surface area contributed by atoms with Crippen LogP contribution in [0.3, 0.4) is 0 Å². The number of amides is 1. The second-order valence-electron chi connectivity index (χ2n) is 6.53. The number of rotatable bonds is 6. The van der Waals surface area contributed by atoms with E-state index in [1.54, 1.807) is 11.8 Å². The molecule has 1 fully saturated rings. The highest BCUT2D eigenvalue weighted by molar-refractivity contribution is 7.98. The number of imidazole rings is 1. The zero-order valence-electron chi connectivity index (χ0n) is 14.9. The lowest BCUT2D eigenvalue weighted by Crippen LogP contribution is -2.41. The zero-order chi connectivity index (χ0) is 17.6. The predicted octanol–water partition coefficient (Wildman–Crippen LogP) is 2.64. The Balaban J connectivity index is 1.42. The van der Waals surface area contributed by atoms with E-state index in [0.717, 1.165) is 36.8 Å². The Morgan fingerprint density at radius 2 is 2.00 bits per heavy atom. The number of carbonyl (C=O) groups excluding carboxylic acids is 1. The fourth-order valence-corrected chi connectivity index (χ4v) is 3.93. The lowest BCUT2D eigenvalue weighted by molar-refractivity contribution is -0.122. The molecule has 2 heterocycles. The molecule has 1 aromatic heterocycles. The summed E-state index contributed by atoms with van der Waals surface area (Å²) in [6.07, 6.45) is 6.08. The van der Waals surface area contributed by atoms with Crippen molar-refractivity contribution in [1.82, 2.24) is 19.8 Å². The Morgan fingerprint density at radius 3 is 2.64 bits per heavy atom. The maximum absolute atomic E-state index is 12.2. The van der Waals surface area contributed by atoms with Crippen LogP contribution < -0.4 is 5.32 Å². The molecule has 25 heavy (non-hydrogen) atoms. The summed E-state index contributed by atoms with van der Waals surface area (Å²) in [5.41, 5.74) is 2.45. The Morgan fingerprint density at radius 1 is 1.28 bits per heavy atom. The van der Waals surface area contributed by atoms with Gasteiger partial charge >= 0.3 is 0 Å². The van der Waals surface area contributed by atoms with Crippen LogP contribution >= 0.6 is 11.8 Å². The Labute approximate surface area is 153 Å². The van der Waals surface area contributed by atoms with Gasteiger partial charge in [0.15, 0.2) is 5.16 Å². The van der Waals surface area contributed by atoms with E-state index in [1.165, 1.54) is 5.56 Å². The standard InChI is InChI=1S/C19H26N4OS/c1-22-17(13-21-19(22)25-2)12-20-18(24)14-23-10-8-16(9-11-23)15-6-4-3-5-7-15/h3-7,13,16H,8-12,14H2,1-2H3,(H,20,24). The number of piperidine rings is 1. The van der Waals surface area contributed by atoms with Crippen molar-refractivity contribution in [3.63, 3.8) is 0 Å². The number of thioether (sulfide) groups is 1. The van der Waals surface area contributed by atoms with E-state index in [4.69, 9.17) is 0 Å². The van der Waals surface area contributed by atoms with Gasteiger partial charge in [-0.15, -0.1) is 0 Å². The summed E-state index contributed by atoms with van der Waals surface area (Å²) in [5, 5.41) is 3.98. The van der Waals surface area contributed by atoms with Gasteiger partial charge in [-0.2, -0.15) is 0 Å². The van der Waals surface area contributed by atoms with Crippen molar-refractivity contribution >= 4 is 17.7 Å². The quantitative estimate of drug-likeness (QED) is 0.807. The number of carbonyl (C=O) groups is 1. The summed E-state index contributed by atoms with van der Waals surface area (Å²) >= 11 is 1.61. The van der Waals surface area contributed by atoms with Crippen molar-refractivity contribution in [2.45, 2.75) is 30.5 Å². The zero-order valence-corrected chi connectivity index (χ0v) is 15.8. The van der Waals surface area contributed by atoms with Gasteiger partial charge in [0.1, 0.15) is 0 Å². The third-order valence-corrected chi connectivity index (χ3v) is 5.66. The largest absolute Gasteiger partial charge is 0.349 e. The Kier molecular flexibility index (Phi) is 6.15. The monoisotopic (exact) mass is 358 g/mol. The van der Waals surface area contributed by atoms with E-state index in [9.17, 15) is 4.79 Å². The summed E-state index contributed by atoms with van der Waals surface area (Å²) < 4.78 is 2.02. The van der Waals surface area contributed by atoms with Gasteiger partial charge in [-0.1, -0.05) is 42.1 Å². The highest BCUT2D eigenvalue weighted by Gasteiger charge is 2.21. The smallest absolute Gasteiger partial charge is 0.234 e. The number of nitrogens with zero attached hydrogens (tertiary/aromatic N) is 3. The van der Waals surface area contributed by atoms with E-state index >= 15 is 0 Å². The van der Waals surface area contributed by atoms with Crippen LogP contribution in [0.25, 0.3) is 0 Å². The van der Waals surface area contributed by atoms with Gasteiger partial charge in [0.2, 0.25) is 5.91 Å². The molecule has 1 aliphatic rings. The van der Waals surface area contributed by atoms with E-state index < -0.39 is 0 Å². The molecule has 0 spiro atoms. The minimum Gasteiger partial charge on any atom is -0.349 e. The van der Waals surface area contributed by atoms with Gasteiger partial charge in [0.25, 0.3) is 0 Å². The van der Waals surface area contributed by atoms with Gasteiger partial charge in [-0.05, 0) is 43.7 Å². The van der Waals surface area contributed by atoms with Gasteiger partial charge in [-0.25, -0.2) is 4.98 Å². The Bertz CT molecular complexity index is 693. The summed E-state index contributed by atoms with van der Waals surface area (Å²) in [5.74, 6) is 0.713. The van der Waals surface area contributed by atoms with Crippen LogP contribution in [0, 0.1) is 0 Å². The number of aromatic nitrogens is 2. The molecular weight excluding hydrogens is 332 g/mol. The molecule has 6 heteroatoms. The first-order chi connectivity index (χ1) is 12.2. The summed E-state index contributed by atoms with van der Waals surface area (Å²) in [6.45, 7) is 2.97. The van der Waals surface area contributed by atoms with E-state index in [2.05, 4.69) is 45.5 Å². The lowest BCUT2D eigenvalue weighted by atomic mass is 9.89. The van der Waals surface area contributed by atoms with Crippen LogP contribution in [-0.4, -0.2) is 46.2 Å². The first-order valence-electron chi connectivity index (χ1n) is 8.76. The SMILES string of the molecule is CSc1ncc(CNC(=O)CN2CCC(c3ccccc3)CC2)n1C. The highest BCUT2D eigenvalue weighted by Crippen LogP contribution is 2.27. The van der Waals surface area contributed by atoms with Gasteiger partial charge in [0.05, 0.1) is 25.0 Å². The van der Waals surface area contributed by atoms with E-state index in [1.807, 2.05) is 24.1 Å². The molecule has 0 unspecified atom stereocenters. The average Bonchev–Trinajstić information content (AvgIpc) is 3.01. The first-order valence-corrected chi connectivity index (χ1v) is 9.98. The fraction of sp³-hybridized carbons (Fsp3) is 0.474. The molecule has 0 radical (unpaired) electrons. The third-order valence-electron chi connectivity index (χ3n) is 4.92. The van der Waals surface area contributed by atoms with Crippen molar-refractivity contribution in [2.24, 2.45) is 7.05 Å². The summed E-state index contributed by atoms with van der Waals surface area (Å²) in [6, 6.07) is 10.7. The van der Waals surface area contributed by atoms with E-state index in [0.29, 0.717) is 19.0 Å². The summed E-state index contributed by atoms with van der Waals surface area (Å²) in [7, 11) is 1.98. The summed E-state index contributed by atoms with van der Waals surface area (Å²) in [4.78, 5) is 18.8. The molecule has 1 aromatic carbocycles. The number of nitrogens with one attached hydrogen (secondary N) is 1. The van der Waals surface area contributed by atoms with Crippen LogP contribution in [0.5, 0.6) is 0 Å². The van der Waals surface area contributed by atoms with Gasteiger partial charge in [0, 0.05) is 7.05 Å². The second kappa shape index (κ2) is 8.54. The van der Waals surface area contributed by atoms with Gasteiger partial charge < -0.3 is 9.88 Å². The van der Waals surface area contributed by atoms with Crippen LogP contribution in [0.1, 0.15) is 30.0 Å². The first kappa shape index (κ1) is 18.0. The second-order valence-corrected chi connectivity index (χ2v) is 7.31. The van der Waals surface area contributed by atoms with Crippen molar-refractivity contribution in [3.05, 3.63) is 47.8 Å². The molecule has 0 bridgehead atoms. The molecule has 1 amide bonds. The average molecular weight is 359 g/mol. The van der Waals surface area contributed by atoms with Crippen LogP contribution in [-0.2, 0) is 18.4 Å². The maximum atomic E-state index is 12.2. The van der Waals surface area contributed by atoms with Gasteiger partial charge in [-0.3, -0.25) is 9.69 Å². The molecule has 1 saturated heterocycles. The topological polar surface area (TPSA) is 50.2 Å². The fourth-order valence-electron chi connectivity index (χ4n) is 3.38.